The summed E-state index contributed by atoms with van der Waals surface area (Å²) in [5.41, 5.74) is 2.18. The number of hydrogen-bond acceptors (Lipinski definition) is 3. The minimum atomic E-state index is -0.152. The van der Waals surface area contributed by atoms with E-state index in [0.29, 0.717) is 13.0 Å². The van der Waals surface area contributed by atoms with Crippen LogP contribution < -0.4 is 10.6 Å². The van der Waals surface area contributed by atoms with Gasteiger partial charge in [0.15, 0.2) is 5.78 Å². The third kappa shape index (κ3) is 6.39. The number of carbonyl (C=O) groups excluding carboxylic acids is 2. The molecule has 0 aliphatic carbocycles. The van der Waals surface area contributed by atoms with Gasteiger partial charge in [0, 0.05) is 25.4 Å². The van der Waals surface area contributed by atoms with E-state index < -0.39 is 0 Å². The maximum atomic E-state index is 12.3. The maximum absolute atomic E-state index is 12.3. The zero-order valence-corrected chi connectivity index (χ0v) is 14.3. The lowest BCUT2D eigenvalue weighted by Gasteiger charge is -2.22. The smallest absolute Gasteiger partial charge is 0.217 e. The van der Waals surface area contributed by atoms with Gasteiger partial charge in [-0.15, -0.1) is 0 Å². The molecule has 1 amide bonds. The van der Waals surface area contributed by atoms with E-state index >= 15 is 0 Å². The molecule has 1 atom stereocenters. The molecule has 0 radical (unpaired) electrons. The highest BCUT2D eigenvalue weighted by molar-refractivity contribution is 5.86. The number of nitrogens with one attached hydrogen (secondary N) is 2. The molecule has 0 saturated heterocycles. The van der Waals surface area contributed by atoms with Crippen molar-refractivity contribution in [3.63, 3.8) is 0 Å². The Balaban J connectivity index is 2.72. The molecule has 0 aromatic heterocycles. The van der Waals surface area contributed by atoms with E-state index in [1.165, 1.54) is 6.92 Å². The zero-order chi connectivity index (χ0) is 16.7. The van der Waals surface area contributed by atoms with Crippen LogP contribution in [0.15, 0.2) is 24.3 Å². The molecule has 0 unspecified atom stereocenters. The minimum Gasteiger partial charge on any atom is -0.352 e. The summed E-state index contributed by atoms with van der Waals surface area (Å²) in [5, 5.41) is 6.13. The normalized spacial score (nSPS) is 12.5. The number of carbonyl (C=O) groups is 2. The van der Waals surface area contributed by atoms with Crippen molar-refractivity contribution < 1.29 is 9.59 Å². The van der Waals surface area contributed by atoms with Gasteiger partial charge < -0.3 is 10.6 Å². The van der Waals surface area contributed by atoms with E-state index in [-0.39, 0.29) is 29.7 Å². The molecule has 0 aliphatic rings. The lowest BCUT2D eigenvalue weighted by Crippen LogP contribution is -2.44. The Morgan fingerprint density at radius 2 is 1.55 bits per heavy atom. The van der Waals surface area contributed by atoms with Crippen LogP contribution in [0, 0.1) is 5.92 Å². The standard InChI is InChI=1S/C18H28N2O2/c1-12(2)18(22)17(20-13(3)4)10-15-6-8-16(9-7-15)11-19-14(5)21/h6-9,12-13,17,20H,10-11H2,1-5H3,(H,19,21)/t17-/m0/s1. The molecule has 0 spiro atoms. The van der Waals surface area contributed by atoms with E-state index in [1.54, 1.807) is 0 Å². The van der Waals surface area contributed by atoms with Gasteiger partial charge in [-0.2, -0.15) is 0 Å². The lowest BCUT2D eigenvalue weighted by molar-refractivity contribution is -0.124. The second kappa shape index (κ2) is 8.69. The highest BCUT2D eigenvalue weighted by Crippen LogP contribution is 2.11. The monoisotopic (exact) mass is 304 g/mol. The Bertz CT molecular complexity index is 492. The Morgan fingerprint density at radius 3 is 2.00 bits per heavy atom. The van der Waals surface area contributed by atoms with Crippen molar-refractivity contribution in [3.05, 3.63) is 35.4 Å². The molecule has 0 bridgehead atoms. The van der Waals surface area contributed by atoms with E-state index in [0.717, 1.165) is 11.1 Å². The van der Waals surface area contributed by atoms with Gasteiger partial charge in [-0.1, -0.05) is 52.0 Å². The summed E-state index contributed by atoms with van der Waals surface area (Å²) in [4.78, 5) is 23.2. The number of benzene rings is 1. The first kappa shape index (κ1) is 18.4. The van der Waals surface area contributed by atoms with E-state index in [4.69, 9.17) is 0 Å². The predicted molar refractivity (Wildman–Crippen MR) is 89.6 cm³/mol. The van der Waals surface area contributed by atoms with Crippen LogP contribution >= 0.6 is 0 Å². The van der Waals surface area contributed by atoms with Gasteiger partial charge in [0.05, 0.1) is 6.04 Å². The van der Waals surface area contributed by atoms with Gasteiger partial charge in [0.25, 0.3) is 0 Å². The Kier molecular flexibility index (Phi) is 7.25. The molecule has 4 nitrogen and oxygen atoms in total. The van der Waals surface area contributed by atoms with Crippen molar-refractivity contribution in [2.45, 2.75) is 59.7 Å². The Labute approximate surface area is 133 Å². The molecule has 0 saturated carbocycles. The van der Waals surface area contributed by atoms with E-state index in [2.05, 4.69) is 24.5 Å². The molecule has 0 heterocycles. The summed E-state index contributed by atoms with van der Waals surface area (Å²) in [6.45, 7) is 10.0. The summed E-state index contributed by atoms with van der Waals surface area (Å²) in [5.74, 6) is 0.235. The first-order valence-corrected chi connectivity index (χ1v) is 7.91. The Morgan fingerprint density at radius 1 is 1.00 bits per heavy atom. The number of rotatable bonds is 8. The summed E-state index contributed by atoms with van der Waals surface area (Å²) >= 11 is 0. The second-order valence-electron chi connectivity index (χ2n) is 6.36. The molecule has 1 aromatic carbocycles. The van der Waals surface area contributed by atoms with Gasteiger partial charge in [-0.25, -0.2) is 0 Å². The predicted octanol–water partition coefficient (Wildman–Crippen LogP) is 2.46. The minimum absolute atomic E-state index is 0.0234. The molecular formula is C18H28N2O2. The molecule has 4 heteroatoms. The number of amides is 1. The second-order valence-corrected chi connectivity index (χ2v) is 6.36. The maximum Gasteiger partial charge on any atom is 0.217 e. The largest absolute Gasteiger partial charge is 0.352 e. The molecule has 2 N–H and O–H groups in total. The SMILES string of the molecule is CC(=O)NCc1ccc(C[C@H](NC(C)C)C(=O)C(C)C)cc1. The zero-order valence-electron chi connectivity index (χ0n) is 14.3. The molecular weight excluding hydrogens is 276 g/mol. The highest BCUT2D eigenvalue weighted by Gasteiger charge is 2.21. The van der Waals surface area contributed by atoms with E-state index in [1.807, 2.05) is 38.1 Å². The van der Waals surface area contributed by atoms with Crippen molar-refractivity contribution >= 4 is 11.7 Å². The molecule has 0 aliphatic heterocycles. The van der Waals surface area contributed by atoms with Crippen LogP contribution in [0.4, 0.5) is 0 Å². The van der Waals surface area contributed by atoms with Crippen LogP contribution in [0.5, 0.6) is 0 Å². The van der Waals surface area contributed by atoms with Crippen LogP contribution in [0.3, 0.4) is 0 Å². The van der Waals surface area contributed by atoms with Crippen molar-refractivity contribution in [1.29, 1.82) is 0 Å². The molecule has 1 aromatic rings. The average molecular weight is 304 g/mol. The van der Waals surface area contributed by atoms with Gasteiger partial charge in [-0.05, 0) is 17.5 Å². The fraction of sp³-hybridized carbons (Fsp3) is 0.556. The quantitative estimate of drug-likeness (QED) is 0.775. The summed E-state index contributed by atoms with van der Waals surface area (Å²) in [6, 6.07) is 8.17. The number of ketones is 1. The van der Waals surface area contributed by atoms with Crippen molar-refractivity contribution in [1.82, 2.24) is 10.6 Å². The highest BCUT2D eigenvalue weighted by atomic mass is 16.1. The van der Waals surface area contributed by atoms with Crippen LogP contribution in [-0.2, 0) is 22.6 Å². The van der Waals surface area contributed by atoms with Crippen LogP contribution in [0.25, 0.3) is 0 Å². The Hall–Kier alpha value is -1.68. The lowest BCUT2D eigenvalue weighted by atomic mass is 9.95. The van der Waals surface area contributed by atoms with Crippen molar-refractivity contribution in [2.75, 3.05) is 0 Å². The first-order chi connectivity index (χ1) is 10.3. The summed E-state index contributed by atoms with van der Waals surface area (Å²) < 4.78 is 0. The fourth-order valence-corrected chi connectivity index (χ4v) is 2.30. The fourth-order valence-electron chi connectivity index (χ4n) is 2.30. The van der Waals surface area contributed by atoms with E-state index in [9.17, 15) is 9.59 Å². The van der Waals surface area contributed by atoms with Crippen LogP contribution in [0.2, 0.25) is 0 Å². The summed E-state index contributed by atoms with van der Waals surface area (Å²) in [7, 11) is 0. The van der Waals surface area contributed by atoms with Crippen molar-refractivity contribution in [2.24, 2.45) is 5.92 Å². The van der Waals surface area contributed by atoms with Gasteiger partial charge in [-0.3, -0.25) is 9.59 Å². The molecule has 1 rings (SSSR count). The third-order valence-corrected chi connectivity index (χ3v) is 3.45. The summed E-state index contributed by atoms with van der Waals surface area (Å²) in [6.07, 6.45) is 0.690. The third-order valence-electron chi connectivity index (χ3n) is 3.45. The van der Waals surface area contributed by atoms with Gasteiger partial charge in [0.1, 0.15) is 0 Å². The van der Waals surface area contributed by atoms with Crippen LogP contribution in [-0.4, -0.2) is 23.8 Å². The van der Waals surface area contributed by atoms with Crippen molar-refractivity contribution in [3.8, 4) is 0 Å². The topological polar surface area (TPSA) is 58.2 Å². The van der Waals surface area contributed by atoms with Gasteiger partial charge in [0.2, 0.25) is 5.91 Å². The molecule has 122 valence electrons. The first-order valence-electron chi connectivity index (χ1n) is 7.91. The number of Topliss-reactive ketones (excluding diaryl/α,β-unsaturated/α-hetero) is 1. The molecule has 0 fully saturated rings. The number of hydrogen-bond donors (Lipinski definition) is 2. The average Bonchev–Trinajstić information content (AvgIpc) is 2.44. The van der Waals surface area contributed by atoms with Crippen LogP contribution in [0.1, 0.15) is 45.7 Å². The van der Waals surface area contributed by atoms with Gasteiger partial charge >= 0.3 is 0 Å². The molecule has 22 heavy (non-hydrogen) atoms.